The van der Waals surface area contributed by atoms with Crippen LogP contribution in [-0.2, 0) is 16.2 Å². The first-order chi connectivity index (χ1) is 21.3. The van der Waals surface area contributed by atoms with Gasteiger partial charge in [-0.3, -0.25) is 14.5 Å². The van der Waals surface area contributed by atoms with Gasteiger partial charge in [-0.2, -0.15) is 0 Å². The Morgan fingerprint density at radius 1 is 0.955 bits per heavy atom. The van der Waals surface area contributed by atoms with Gasteiger partial charge in [0.25, 0.3) is 5.78 Å². The highest BCUT2D eigenvalue weighted by Gasteiger charge is 2.48. The lowest BCUT2D eigenvalue weighted by atomic mass is 9.95. The summed E-state index contributed by atoms with van der Waals surface area (Å²) in [7, 11) is 1.53. The summed E-state index contributed by atoms with van der Waals surface area (Å²) in [6.45, 7) is 6.85. The van der Waals surface area contributed by atoms with Crippen molar-refractivity contribution >= 4 is 33.9 Å². The summed E-state index contributed by atoms with van der Waals surface area (Å²) in [6, 6.07) is 19.0. The number of methoxy groups -OCH3 is 1. The van der Waals surface area contributed by atoms with Crippen LogP contribution in [0.25, 0.3) is 5.76 Å². The van der Waals surface area contributed by atoms with E-state index in [1.807, 2.05) is 31.2 Å². The zero-order chi connectivity index (χ0) is 31.2. The van der Waals surface area contributed by atoms with Crippen molar-refractivity contribution in [1.29, 1.82) is 0 Å². The van der Waals surface area contributed by atoms with Crippen molar-refractivity contribution in [2.45, 2.75) is 52.7 Å². The lowest BCUT2D eigenvalue weighted by molar-refractivity contribution is -0.132. The highest BCUT2D eigenvalue weighted by molar-refractivity contribution is 7.15. The number of hydrogen-bond acceptors (Lipinski definition) is 9. The monoisotopic (exact) mass is 613 g/mol. The van der Waals surface area contributed by atoms with Crippen LogP contribution in [0.2, 0.25) is 0 Å². The lowest BCUT2D eigenvalue weighted by Gasteiger charge is -2.23. The molecule has 1 fully saturated rings. The van der Waals surface area contributed by atoms with Gasteiger partial charge in [-0.15, -0.1) is 10.2 Å². The van der Waals surface area contributed by atoms with Gasteiger partial charge in [0, 0.05) is 5.56 Å². The van der Waals surface area contributed by atoms with Gasteiger partial charge in [-0.05, 0) is 73.4 Å². The first-order valence-electron chi connectivity index (χ1n) is 14.5. The number of Topliss-reactive ketones (excluding diaryl/α,β-unsaturated/α-hetero) is 1. The van der Waals surface area contributed by atoms with Crippen molar-refractivity contribution in [1.82, 2.24) is 10.2 Å². The quantitative estimate of drug-likeness (QED) is 0.0792. The molecule has 1 aliphatic rings. The second-order valence-corrected chi connectivity index (χ2v) is 11.6. The van der Waals surface area contributed by atoms with Crippen molar-refractivity contribution in [2.24, 2.45) is 0 Å². The van der Waals surface area contributed by atoms with Crippen LogP contribution < -0.4 is 19.1 Å². The SMILES string of the molecule is CCCCCOc1ccc(C2C(=C(O)c3ccc(OCc4ccccc4C)cc3)C(=O)C(=O)N2c2nnc(C)s2)cc1OC. The van der Waals surface area contributed by atoms with Crippen LogP contribution in [0.15, 0.2) is 72.3 Å². The number of rotatable bonds is 12. The largest absolute Gasteiger partial charge is 0.507 e. The highest BCUT2D eigenvalue weighted by atomic mass is 32.1. The van der Waals surface area contributed by atoms with E-state index >= 15 is 0 Å². The average molecular weight is 614 g/mol. The van der Waals surface area contributed by atoms with E-state index < -0.39 is 17.7 Å². The molecule has 1 unspecified atom stereocenters. The molecule has 1 atom stereocenters. The average Bonchev–Trinajstić information content (AvgIpc) is 3.58. The van der Waals surface area contributed by atoms with Crippen LogP contribution in [0.5, 0.6) is 17.2 Å². The van der Waals surface area contributed by atoms with Crippen molar-refractivity contribution in [2.75, 3.05) is 18.6 Å². The van der Waals surface area contributed by atoms with E-state index in [1.165, 1.54) is 23.3 Å². The Morgan fingerprint density at radius 3 is 2.41 bits per heavy atom. The standard InChI is InChI=1S/C34H35N3O6S/c1-5-6-9-18-42-27-17-14-24(19-28(27)41-4)30-29(32(39)33(40)37(30)34-36-35-22(3)44-34)31(38)23-12-15-26(16-13-23)43-20-25-11-8-7-10-21(25)2/h7-8,10-17,19,30,38H,5-6,9,18,20H2,1-4H3. The number of carbonyl (C=O) groups is 2. The minimum atomic E-state index is -0.970. The van der Waals surface area contributed by atoms with Gasteiger partial charge in [-0.25, -0.2) is 0 Å². The van der Waals surface area contributed by atoms with Gasteiger partial charge >= 0.3 is 5.91 Å². The van der Waals surface area contributed by atoms with Crippen LogP contribution in [0.3, 0.4) is 0 Å². The van der Waals surface area contributed by atoms with Crippen LogP contribution in [-0.4, -0.2) is 40.7 Å². The Balaban J connectivity index is 1.50. The predicted octanol–water partition coefficient (Wildman–Crippen LogP) is 6.94. The summed E-state index contributed by atoms with van der Waals surface area (Å²) in [5.74, 6) is -0.318. The number of hydrogen-bond donors (Lipinski definition) is 1. The number of anilines is 1. The number of aliphatic hydroxyl groups excluding tert-OH is 1. The molecule has 5 rings (SSSR count). The second kappa shape index (κ2) is 13.7. The first-order valence-corrected chi connectivity index (χ1v) is 15.3. The number of ketones is 1. The van der Waals surface area contributed by atoms with Crippen molar-refractivity contribution < 1.29 is 28.9 Å². The van der Waals surface area contributed by atoms with Gasteiger partial charge in [0.2, 0.25) is 5.13 Å². The fraction of sp³-hybridized carbons (Fsp3) is 0.294. The molecule has 3 aromatic carbocycles. The Labute approximate surface area is 260 Å². The Hall–Kier alpha value is -4.70. The van der Waals surface area contributed by atoms with E-state index in [0.29, 0.717) is 46.6 Å². The molecule has 44 heavy (non-hydrogen) atoms. The summed E-state index contributed by atoms with van der Waals surface area (Å²) in [6.07, 6.45) is 3.04. The van der Waals surface area contributed by atoms with E-state index in [2.05, 4.69) is 17.1 Å². The number of unbranched alkanes of at least 4 members (excludes halogenated alkanes) is 2. The Bertz CT molecular complexity index is 1680. The summed E-state index contributed by atoms with van der Waals surface area (Å²) < 4.78 is 17.5. The van der Waals surface area contributed by atoms with Crippen LogP contribution in [0.1, 0.15) is 59.5 Å². The minimum Gasteiger partial charge on any atom is -0.507 e. The number of ether oxygens (including phenoxy) is 3. The second-order valence-electron chi connectivity index (χ2n) is 10.5. The number of amides is 1. The maximum Gasteiger partial charge on any atom is 0.301 e. The third kappa shape index (κ3) is 6.45. The zero-order valence-electron chi connectivity index (χ0n) is 25.2. The first kappa shape index (κ1) is 30.7. The molecule has 0 saturated carbocycles. The fourth-order valence-electron chi connectivity index (χ4n) is 5.03. The molecule has 0 aliphatic carbocycles. The third-order valence-corrected chi connectivity index (χ3v) is 8.30. The lowest BCUT2D eigenvalue weighted by Crippen LogP contribution is -2.29. The molecule has 2 heterocycles. The fourth-order valence-corrected chi connectivity index (χ4v) is 5.75. The minimum absolute atomic E-state index is 0.0601. The third-order valence-electron chi connectivity index (χ3n) is 7.46. The molecule has 1 aromatic heterocycles. The number of nitrogens with zero attached hydrogens (tertiary/aromatic N) is 3. The molecular formula is C34H35N3O6S. The van der Waals surface area contributed by atoms with Gasteiger partial charge in [0.1, 0.15) is 23.1 Å². The van der Waals surface area contributed by atoms with Gasteiger partial charge in [-0.1, -0.05) is 61.4 Å². The molecule has 4 aromatic rings. The Morgan fingerprint density at radius 2 is 1.73 bits per heavy atom. The molecule has 1 N–H and O–H groups in total. The van der Waals surface area contributed by atoms with E-state index in [9.17, 15) is 14.7 Å². The van der Waals surface area contributed by atoms with Crippen LogP contribution >= 0.6 is 11.3 Å². The molecule has 9 nitrogen and oxygen atoms in total. The normalized spacial score (nSPS) is 15.9. The molecule has 10 heteroatoms. The molecule has 228 valence electrons. The number of aryl methyl sites for hydroxylation is 2. The summed E-state index contributed by atoms with van der Waals surface area (Å²) >= 11 is 1.19. The summed E-state index contributed by atoms with van der Waals surface area (Å²) in [5.41, 5.74) is 3.06. The van der Waals surface area contributed by atoms with E-state index in [1.54, 1.807) is 49.4 Å². The Kier molecular flexibility index (Phi) is 9.59. The van der Waals surface area contributed by atoms with Gasteiger partial charge in [0.05, 0.1) is 25.3 Å². The van der Waals surface area contributed by atoms with Crippen molar-refractivity contribution in [3.63, 3.8) is 0 Å². The highest BCUT2D eigenvalue weighted by Crippen LogP contribution is 2.45. The van der Waals surface area contributed by atoms with E-state index in [4.69, 9.17) is 14.2 Å². The molecule has 1 amide bonds. The number of carbonyl (C=O) groups excluding carboxylic acids is 2. The summed E-state index contributed by atoms with van der Waals surface area (Å²) in [4.78, 5) is 28.3. The maximum absolute atomic E-state index is 13.5. The number of aromatic nitrogens is 2. The molecule has 1 aliphatic heterocycles. The molecule has 0 spiro atoms. The smallest absolute Gasteiger partial charge is 0.301 e. The van der Waals surface area contributed by atoms with Crippen LogP contribution in [0, 0.1) is 13.8 Å². The van der Waals surface area contributed by atoms with Crippen molar-refractivity contribution in [3.8, 4) is 17.2 Å². The van der Waals surface area contributed by atoms with Gasteiger partial charge < -0.3 is 19.3 Å². The topological polar surface area (TPSA) is 111 Å². The van der Waals surface area contributed by atoms with Gasteiger partial charge in [0.15, 0.2) is 11.5 Å². The predicted molar refractivity (Wildman–Crippen MR) is 169 cm³/mol. The van der Waals surface area contributed by atoms with Crippen LogP contribution in [0.4, 0.5) is 5.13 Å². The number of benzene rings is 3. The molecular weight excluding hydrogens is 578 g/mol. The van der Waals surface area contributed by atoms with E-state index in [-0.39, 0.29) is 16.5 Å². The molecule has 0 bridgehead atoms. The van der Waals surface area contributed by atoms with Crippen molar-refractivity contribution in [3.05, 3.63) is 99.6 Å². The van der Waals surface area contributed by atoms with E-state index in [0.717, 1.165) is 30.4 Å². The molecule has 0 radical (unpaired) electrons. The molecule has 1 saturated heterocycles. The number of aliphatic hydroxyl groups is 1. The summed E-state index contributed by atoms with van der Waals surface area (Å²) in [5, 5.41) is 20.6. The zero-order valence-corrected chi connectivity index (χ0v) is 26.0. The maximum atomic E-state index is 13.5.